The van der Waals surface area contributed by atoms with Gasteiger partial charge >= 0.3 is 0 Å². The van der Waals surface area contributed by atoms with E-state index in [-0.39, 0.29) is 6.54 Å². The molecule has 18 heavy (non-hydrogen) atoms. The highest BCUT2D eigenvalue weighted by Crippen LogP contribution is 2.26. The monoisotopic (exact) mass is 262 g/mol. The summed E-state index contributed by atoms with van der Waals surface area (Å²) in [7, 11) is 0. The van der Waals surface area contributed by atoms with E-state index < -0.39 is 6.10 Å². The van der Waals surface area contributed by atoms with Gasteiger partial charge in [-0.2, -0.15) is 0 Å². The number of hydrogen-bond acceptors (Lipinski definition) is 4. The Hall–Kier alpha value is -1.23. The summed E-state index contributed by atoms with van der Waals surface area (Å²) in [6, 6.07) is 8.45. The van der Waals surface area contributed by atoms with Crippen LogP contribution in [0.2, 0.25) is 0 Å². The Morgan fingerprint density at radius 1 is 1.33 bits per heavy atom. The van der Waals surface area contributed by atoms with Crippen molar-refractivity contribution in [2.24, 2.45) is 5.73 Å². The van der Waals surface area contributed by atoms with Gasteiger partial charge in [0.05, 0.1) is 5.69 Å². The lowest BCUT2D eigenvalue weighted by molar-refractivity contribution is 0.182. The molecule has 0 aliphatic rings. The third-order valence-corrected chi connectivity index (χ3v) is 3.74. The SMILES string of the molecule is CCCc1ccc(-c2nc(C(O)CN)cs2)cc1. The predicted molar refractivity (Wildman–Crippen MR) is 75.6 cm³/mol. The van der Waals surface area contributed by atoms with Crippen LogP contribution in [-0.4, -0.2) is 16.6 Å². The van der Waals surface area contributed by atoms with Crippen molar-refractivity contribution in [2.75, 3.05) is 6.54 Å². The molecule has 1 aromatic carbocycles. The van der Waals surface area contributed by atoms with Gasteiger partial charge in [-0.15, -0.1) is 11.3 Å². The zero-order valence-corrected chi connectivity index (χ0v) is 11.3. The maximum atomic E-state index is 9.62. The van der Waals surface area contributed by atoms with Gasteiger partial charge in [0.25, 0.3) is 0 Å². The number of aliphatic hydroxyl groups is 1. The highest BCUT2D eigenvalue weighted by molar-refractivity contribution is 7.13. The topological polar surface area (TPSA) is 59.1 Å². The summed E-state index contributed by atoms with van der Waals surface area (Å²) in [6.07, 6.45) is 1.60. The van der Waals surface area contributed by atoms with Crippen molar-refractivity contribution >= 4 is 11.3 Å². The van der Waals surface area contributed by atoms with Crippen LogP contribution in [0.3, 0.4) is 0 Å². The molecule has 1 aromatic heterocycles. The van der Waals surface area contributed by atoms with Crippen LogP contribution in [-0.2, 0) is 6.42 Å². The molecule has 0 aliphatic carbocycles. The molecule has 0 amide bonds. The predicted octanol–water partition coefficient (Wildman–Crippen LogP) is 2.75. The summed E-state index contributed by atoms with van der Waals surface area (Å²) in [5.41, 5.74) is 8.52. The molecule has 0 aliphatic heterocycles. The second-order valence-electron chi connectivity index (χ2n) is 4.28. The van der Waals surface area contributed by atoms with Gasteiger partial charge in [0.2, 0.25) is 0 Å². The molecule has 1 atom stereocenters. The number of benzene rings is 1. The first-order chi connectivity index (χ1) is 8.74. The van der Waals surface area contributed by atoms with E-state index in [1.807, 2.05) is 5.38 Å². The lowest BCUT2D eigenvalue weighted by atomic mass is 10.1. The molecule has 1 heterocycles. The minimum atomic E-state index is -0.658. The number of nitrogens with zero attached hydrogens (tertiary/aromatic N) is 1. The fourth-order valence-electron chi connectivity index (χ4n) is 1.80. The van der Waals surface area contributed by atoms with E-state index in [0.29, 0.717) is 5.69 Å². The number of thiazole rings is 1. The number of hydrogen-bond donors (Lipinski definition) is 2. The molecule has 0 saturated carbocycles. The van der Waals surface area contributed by atoms with Crippen LogP contribution >= 0.6 is 11.3 Å². The first-order valence-electron chi connectivity index (χ1n) is 6.17. The lowest BCUT2D eigenvalue weighted by Gasteiger charge is -2.02. The molecule has 0 bridgehead atoms. The first-order valence-corrected chi connectivity index (χ1v) is 7.05. The summed E-state index contributed by atoms with van der Waals surface area (Å²) in [5.74, 6) is 0. The fourth-order valence-corrected chi connectivity index (χ4v) is 2.67. The lowest BCUT2D eigenvalue weighted by Crippen LogP contribution is -2.11. The summed E-state index contributed by atoms with van der Waals surface area (Å²) in [6.45, 7) is 2.38. The van der Waals surface area contributed by atoms with Crippen LogP contribution in [0.25, 0.3) is 10.6 Å². The molecule has 3 nitrogen and oxygen atoms in total. The number of aryl methyl sites for hydroxylation is 1. The van der Waals surface area contributed by atoms with Crippen LogP contribution in [0.5, 0.6) is 0 Å². The minimum absolute atomic E-state index is 0.207. The Morgan fingerprint density at radius 2 is 2.06 bits per heavy atom. The van der Waals surface area contributed by atoms with Crippen LogP contribution in [0.15, 0.2) is 29.6 Å². The molecule has 0 spiro atoms. The second kappa shape index (κ2) is 6.09. The molecule has 0 radical (unpaired) electrons. The van der Waals surface area contributed by atoms with Gasteiger partial charge in [0.15, 0.2) is 0 Å². The van der Waals surface area contributed by atoms with Gasteiger partial charge < -0.3 is 10.8 Å². The van der Waals surface area contributed by atoms with Crippen molar-refractivity contribution in [3.63, 3.8) is 0 Å². The molecule has 0 fully saturated rings. The van der Waals surface area contributed by atoms with E-state index in [4.69, 9.17) is 5.73 Å². The summed E-state index contributed by atoms with van der Waals surface area (Å²) < 4.78 is 0. The fraction of sp³-hybridized carbons (Fsp3) is 0.357. The largest absolute Gasteiger partial charge is 0.385 e. The third-order valence-electron chi connectivity index (χ3n) is 2.83. The second-order valence-corrected chi connectivity index (χ2v) is 5.13. The molecule has 4 heteroatoms. The zero-order chi connectivity index (χ0) is 13.0. The number of aromatic nitrogens is 1. The van der Waals surface area contributed by atoms with Gasteiger partial charge in [-0.3, -0.25) is 0 Å². The van der Waals surface area contributed by atoms with Crippen LogP contribution < -0.4 is 5.73 Å². The molecule has 96 valence electrons. The van der Waals surface area contributed by atoms with Gasteiger partial charge in [-0.25, -0.2) is 4.98 Å². The summed E-state index contributed by atoms with van der Waals surface area (Å²) in [5, 5.41) is 12.4. The van der Waals surface area contributed by atoms with Crippen molar-refractivity contribution in [2.45, 2.75) is 25.9 Å². The Balaban J connectivity index is 2.18. The number of nitrogens with two attached hydrogens (primary N) is 1. The molecule has 2 rings (SSSR count). The first kappa shape index (κ1) is 13.2. The maximum absolute atomic E-state index is 9.62. The Morgan fingerprint density at radius 3 is 2.67 bits per heavy atom. The van der Waals surface area contributed by atoms with Crippen LogP contribution in [0, 0.1) is 0 Å². The van der Waals surface area contributed by atoms with Crippen molar-refractivity contribution in [3.8, 4) is 10.6 Å². The molecule has 0 saturated heterocycles. The van der Waals surface area contributed by atoms with Crippen molar-refractivity contribution in [1.29, 1.82) is 0 Å². The van der Waals surface area contributed by atoms with E-state index >= 15 is 0 Å². The number of rotatable bonds is 5. The number of aliphatic hydroxyl groups excluding tert-OH is 1. The van der Waals surface area contributed by atoms with E-state index in [0.717, 1.165) is 23.4 Å². The average Bonchev–Trinajstić information content (AvgIpc) is 2.89. The third kappa shape index (κ3) is 2.96. The molecule has 3 N–H and O–H groups in total. The Labute approximate surface area is 111 Å². The van der Waals surface area contributed by atoms with E-state index in [9.17, 15) is 5.11 Å². The standard InChI is InChI=1S/C14H18N2OS/c1-2-3-10-4-6-11(7-5-10)14-16-12(9-18-14)13(17)8-15/h4-7,9,13,17H,2-3,8,15H2,1H3. The van der Waals surface area contributed by atoms with Crippen molar-refractivity contribution in [1.82, 2.24) is 4.98 Å². The van der Waals surface area contributed by atoms with Crippen molar-refractivity contribution in [3.05, 3.63) is 40.9 Å². The Kier molecular flexibility index (Phi) is 4.47. The zero-order valence-electron chi connectivity index (χ0n) is 10.5. The minimum Gasteiger partial charge on any atom is -0.385 e. The maximum Gasteiger partial charge on any atom is 0.123 e. The molecular weight excluding hydrogens is 244 g/mol. The highest BCUT2D eigenvalue weighted by atomic mass is 32.1. The van der Waals surface area contributed by atoms with Crippen LogP contribution in [0.4, 0.5) is 0 Å². The van der Waals surface area contributed by atoms with Crippen molar-refractivity contribution < 1.29 is 5.11 Å². The Bertz CT molecular complexity index is 493. The highest BCUT2D eigenvalue weighted by Gasteiger charge is 2.10. The molecule has 2 aromatic rings. The quantitative estimate of drug-likeness (QED) is 0.871. The molecular formula is C14H18N2OS. The normalized spacial score (nSPS) is 12.6. The van der Waals surface area contributed by atoms with E-state index in [1.54, 1.807) is 0 Å². The van der Waals surface area contributed by atoms with Gasteiger partial charge in [0.1, 0.15) is 11.1 Å². The van der Waals surface area contributed by atoms with Gasteiger partial charge in [-0.05, 0) is 12.0 Å². The van der Waals surface area contributed by atoms with Gasteiger partial charge in [0, 0.05) is 17.5 Å². The molecule has 1 unspecified atom stereocenters. The smallest absolute Gasteiger partial charge is 0.123 e. The average molecular weight is 262 g/mol. The van der Waals surface area contributed by atoms with Gasteiger partial charge in [-0.1, -0.05) is 37.6 Å². The van der Waals surface area contributed by atoms with Crippen LogP contribution in [0.1, 0.15) is 30.7 Å². The summed E-state index contributed by atoms with van der Waals surface area (Å²) in [4.78, 5) is 4.42. The summed E-state index contributed by atoms with van der Waals surface area (Å²) >= 11 is 1.54. The van der Waals surface area contributed by atoms with E-state index in [2.05, 4.69) is 36.2 Å². The van der Waals surface area contributed by atoms with E-state index in [1.165, 1.54) is 16.9 Å².